The van der Waals surface area contributed by atoms with E-state index >= 15 is 0 Å². The number of carbonyl (C=O) groups is 1. The lowest BCUT2D eigenvalue weighted by atomic mass is 10.1. The molecule has 18 heavy (non-hydrogen) atoms. The van der Waals surface area contributed by atoms with Crippen molar-refractivity contribution in [1.82, 2.24) is 0 Å². The summed E-state index contributed by atoms with van der Waals surface area (Å²) in [7, 11) is 0. The largest absolute Gasteiger partial charge is 0.466 e. The number of hydrogen-bond donors (Lipinski definition) is 1. The van der Waals surface area contributed by atoms with Gasteiger partial charge in [-0.1, -0.05) is 0 Å². The van der Waals surface area contributed by atoms with Crippen LogP contribution in [-0.4, -0.2) is 42.0 Å². The monoisotopic (exact) mass is 290 g/mol. The highest BCUT2D eigenvalue weighted by atomic mass is 32.2. The van der Waals surface area contributed by atoms with Crippen molar-refractivity contribution in [3.8, 4) is 0 Å². The van der Waals surface area contributed by atoms with Gasteiger partial charge in [-0.2, -0.15) is 24.4 Å². The molecule has 2 atom stereocenters. The molecule has 2 unspecified atom stereocenters. The van der Waals surface area contributed by atoms with Crippen molar-refractivity contribution < 1.29 is 14.3 Å². The lowest BCUT2D eigenvalue weighted by molar-refractivity contribution is -0.143. The van der Waals surface area contributed by atoms with Crippen LogP contribution in [0.3, 0.4) is 0 Å². The van der Waals surface area contributed by atoms with Crippen LogP contribution in [0.5, 0.6) is 0 Å². The summed E-state index contributed by atoms with van der Waals surface area (Å²) in [6.45, 7) is 0.557. The van der Waals surface area contributed by atoms with Gasteiger partial charge in [0, 0.05) is 5.75 Å². The van der Waals surface area contributed by atoms with E-state index in [0.717, 1.165) is 18.1 Å². The molecule has 1 saturated heterocycles. The van der Waals surface area contributed by atoms with E-state index in [-0.39, 0.29) is 5.97 Å². The first kappa shape index (κ1) is 14.5. The van der Waals surface area contributed by atoms with Gasteiger partial charge in [0.2, 0.25) is 0 Å². The Labute approximate surface area is 119 Å². The minimum absolute atomic E-state index is 0.125. The van der Waals surface area contributed by atoms with Gasteiger partial charge in [-0.15, -0.1) is 0 Å². The average molecular weight is 290 g/mol. The Morgan fingerprint density at radius 2 is 2.11 bits per heavy atom. The summed E-state index contributed by atoms with van der Waals surface area (Å²) in [4.78, 5) is 11.1. The highest BCUT2D eigenvalue weighted by molar-refractivity contribution is 7.99. The van der Waals surface area contributed by atoms with E-state index in [1.54, 1.807) is 0 Å². The van der Waals surface area contributed by atoms with E-state index in [4.69, 9.17) is 9.47 Å². The van der Waals surface area contributed by atoms with Crippen LogP contribution in [0.4, 0.5) is 0 Å². The third kappa shape index (κ3) is 5.02. The maximum absolute atomic E-state index is 11.1. The zero-order valence-electron chi connectivity index (χ0n) is 10.7. The molecular formula is C13H22O3S2. The Bertz CT molecular complexity index is 263. The van der Waals surface area contributed by atoms with Crippen LogP contribution < -0.4 is 0 Å². The van der Waals surface area contributed by atoms with Gasteiger partial charge in [0.25, 0.3) is 0 Å². The van der Waals surface area contributed by atoms with Crippen molar-refractivity contribution in [3.05, 3.63) is 0 Å². The number of rotatable bonds is 9. The molecule has 3 nitrogen and oxygen atoms in total. The van der Waals surface area contributed by atoms with Crippen molar-refractivity contribution in [2.75, 3.05) is 23.9 Å². The van der Waals surface area contributed by atoms with Crippen molar-refractivity contribution in [1.29, 1.82) is 0 Å². The number of fused-ring (bicyclic) bond motifs is 1. The number of ether oxygens (including phenoxy) is 2. The van der Waals surface area contributed by atoms with Gasteiger partial charge < -0.3 is 9.47 Å². The normalized spacial score (nSPS) is 29.1. The standard InChI is InChI=1S/C13H22O3S2/c14-13(2-5-17)15-4-1-6-18-7-3-10-8-11-12(9-10)16-11/h10-12,17H,1-9H2. The molecule has 1 saturated carbocycles. The highest BCUT2D eigenvalue weighted by Crippen LogP contribution is 2.43. The van der Waals surface area contributed by atoms with E-state index in [1.165, 1.54) is 25.0 Å². The van der Waals surface area contributed by atoms with Gasteiger partial charge in [0.05, 0.1) is 25.2 Å². The Balaban J connectivity index is 1.34. The van der Waals surface area contributed by atoms with Crippen LogP contribution in [0.2, 0.25) is 0 Å². The smallest absolute Gasteiger partial charge is 0.306 e. The van der Waals surface area contributed by atoms with Gasteiger partial charge in [-0.25, -0.2) is 0 Å². The third-order valence-corrected chi connectivity index (χ3v) is 4.83. The van der Waals surface area contributed by atoms with Crippen LogP contribution in [0.1, 0.15) is 32.1 Å². The second kappa shape index (κ2) is 7.65. The Morgan fingerprint density at radius 3 is 2.83 bits per heavy atom. The zero-order chi connectivity index (χ0) is 12.8. The van der Waals surface area contributed by atoms with Gasteiger partial charge in [-0.05, 0) is 43.1 Å². The van der Waals surface area contributed by atoms with Gasteiger partial charge in [-0.3, -0.25) is 4.79 Å². The topological polar surface area (TPSA) is 38.8 Å². The summed E-state index contributed by atoms with van der Waals surface area (Å²) in [5.41, 5.74) is 0. The lowest BCUT2D eigenvalue weighted by Gasteiger charge is -2.10. The maximum atomic E-state index is 11.1. The van der Waals surface area contributed by atoms with Crippen molar-refractivity contribution in [2.24, 2.45) is 5.92 Å². The molecule has 0 bridgehead atoms. The predicted molar refractivity (Wildman–Crippen MR) is 77.4 cm³/mol. The number of hydrogen-bond acceptors (Lipinski definition) is 5. The van der Waals surface area contributed by atoms with E-state index in [1.807, 2.05) is 11.8 Å². The summed E-state index contributed by atoms with van der Waals surface area (Å²) in [5.74, 6) is 3.66. The number of carbonyl (C=O) groups excluding carboxylic acids is 1. The molecule has 1 aliphatic carbocycles. The van der Waals surface area contributed by atoms with E-state index < -0.39 is 0 Å². The summed E-state index contributed by atoms with van der Waals surface area (Å²) >= 11 is 5.96. The SMILES string of the molecule is O=C(CCS)OCCCSCCC1CC2OC2C1. The summed E-state index contributed by atoms with van der Waals surface area (Å²) in [6.07, 6.45) is 6.50. The van der Waals surface area contributed by atoms with Crippen LogP contribution in [0.15, 0.2) is 0 Å². The third-order valence-electron chi connectivity index (χ3n) is 3.50. The summed E-state index contributed by atoms with van der Waals surface area (Å²) in [6, 6.07) is 0. The molecule has 0 N–H and O–H groups in total. The van der Waals surface area contributed by atoms with Crippen LogP contribution in [-0.2, 0) is 14.3 Å². The summed E-state index contributed by atoms with van der Waals surface area (Å²) < 4.78 is 10.5. The highest BCUT2D eigenvalue weighted by Gasteiger charge is 2.47. The first-order valence-corrected chi connectivity index (χ1v) is 8.58. The molecule has 1 aliphatic heterocycles. The van der Waals surface area contributed by atoms with Crippen molar-refractivity contribution >= 4 is 30.4 Å². The molecule has 2 aliphatic rings. The Hall–Kier alpha value is 0.130. The van der Waals surface area contributed by atoms with E-state index in [2.05, 4.69) is 12.6 Å². The lowest BCUT2D eigenvalue weighted by Crippen LogP contribution is -2.07. The molecule has 0 aromatic carbocycles. The maximum Gasteiger partial charge on any atom is 0.306 e. The van der Waals surface area contributed by atoms with Crippen LogP contribution in [0.25, 0.3) is 0 Å². The summed E-state index contributed by atoms with van der Waals surface area (Å²) in [5, 5.41) is 0. The fourth-order valence-electron chi connectivity index (χ4n) is 2.45. The minimum atomic E-state index is -0.125. The first-order chi connectivity index (χ1) is 8.79. The second-order valence-corrected chi connectivity index (χ2v) is 6.67. The first-order valence-electron chi connectivity index (χ1n) is 6.79. The molecule has 2 fully saturated rings. The number of thioether (sulfide) groups is 1. The number of epoxide rings is 1. The minimum Gasteiger partial charge on any atom is -0.466 e. The molecule has 2 rings (SSSR count). The molecular weight excluding hydrogens is 268 g/mol. The van der Waals surface area contributed by atoms with Gasteiger partial charge >= 0.3 is 5.97 Å². The molecule has 0 spiro atoms. The molecule has 0 amide bonds. The molecule has 5 heteroatoms. The number of esters is 1. The Kier molecular flexibility index (Phi) is 6.18. The van der Waals surface area contributed by atoms with Crippen LogP contribution in [0, 0.1) is 5.92 Å². The average Bonchev–Trinajstić information content (AvgIpc) is 2.96. The molecule has 104 valence electrons. The van der Waals surface area contributed by atoms with E-state index in [9.17, 15) is 4.79 Å². The fourth-order valence-corrected chi connectivity index (χ4v) is 3.65. The second-order valence-electron chi connectivity index (χ2n) is 5.00. The van der Waals surface area contributed by atoms with Crippen molar-refractivity contribution in [2.45, 2.75) is 44.3 Å². The quantitative estimate of drug-likeness (QED) is 0.306. The molecule has 1 heterocycles. The van der Waals surface area contributed by atoms with Gasteiger partial charge in [0.15, 0.2) is 0 Å². The Morgan fingerprint density at radius 1 is 1.33 bits per heavy atom. The predicted octanol–water partition coefficient (Wildman–Crippen LogP) is 2.54. The van der Waals surface area contributed by atoms with Crippen molar-refractivity contribution in [3.63, 3.8) is 0 Å². The molecule has 0 radical (unpaired) electrons. The van der Waals surface area contributed by atoms with Crippen LogP contribution >= 0.6 is 24.4 Å². The number of thiol groups is 1. The molecule has 0 aromatic heterocycles. The molecule has 0 aromatic rings. The zero-order valence-corrected chi connectivity index (χ0v) is 12.4. The van der Waals surface area contributed by atoms with E-state index in [0.29, 0.717) is 31.0 Å². The van der Waals surface area contributed by atoms with Gasteiger partial charge in [0.1, 0.15) is 0 Å². The fraction of sp³-hybridized carbons (Fsp3) is 0.923.